The number of amides is 1. The first-order valence-corrected chi connectivity index (χ1v) is 11.9. The Morgan fingerprint density at radius 3 is 2.31 bits per heavy atom. The van der Waals surface area contributed by atoms with Gasteiger partial charge in [0.15, 0.2) is 11.0 Å². The largest absolute Gasteiger partial charge is 0.497 e. The molecule has 7 nitrogen and oxygen atoms in total. The van der Waals surface area contributed by atoms with Crippen LogP contribution < -0.4 is 9.47 Å². The van der Waals surface area contributed by atoms with Gasteiger partial charge < -0.3 is 14.4 Å². The van der Waals surface area contributed by atoms with Crippen molar-refractivity contribution < 1.29 is 14.3 Å². The number of rotatable bonds is 8. The van der Waals surface area contributed by atoms with Gasteiger partial charge in [-0.2, -0.15) is 0 Å². The molecule has 3 aromatic rings. The Kier molecular flexibility index (Phi) is 7.66. The molecule has 1 amide bonds. The topological polar surface area (TPSA) is 69.5 Å². The van der Waals surface area contributed by atoms with Gasteiger partial charge in [-0.25, -0.2) is 0 Å². The minimum absolute atomic E-state index is 0.163. The fraction of sp³-hybridized carbons (Fsp3) is 0.375. The van der Waals surface area contributed by atoms with E-state index in [1.165, 1.54) is 24.6 Å². The third-order valence-corrected chi connectivity index (χ3v) is 6.34. The van der Waals surface area contributed by atoms with Crippen molar-refractivity contribution in [3.63, 3.8) is 0 Å². The van der Waals surface area contributed by atoms with E-state index >= 15 is 0 Å². The normalized spacial score (nSPS) is 14.1. The lowest BCUT2D eigenvalue weighted by atomic mass is 10.2. The van der Waals surface area contributed by atoms with E-state index in [1.807, 2.05) is 64.1 Å². The van der Waals surface area contributed by atoms with Crippen molar-refractivity contribution in [3.8, 4) is 17.2 Å². The van der Waals surface area contributed by atoms with Crippen LogP contribution in [-0.2, 0) is 11.4 Å². The molecule has 0 spiro atoms. The van der Waals surface area contributed by atoms with Gasteiger partial charge in [0.2, 0.25) is 5.91 Å². The highest BCUT2D eigenvalue weighted by Crippen LogP contribution is 2.24. The lowest BCUT2D eigenvalue weighted by Crippen LogP contribution is -2.33. The van der Waals surface area contributed by atoms with Gasteiger partial charge in [0, 0.05) is 18.8 Å². The van der Waals surface area contributed by atoms with Gasteiger partial charge in [-0.15, -0.1) is 10.2 Å². The highest BCUT2D eigenvalue weighted by Gasteiger charge is 2.19. The predicted molar refractivity (Wildman–Crippen MR) is 124 cm³/mol. The second kappa shape index (κ2) is 11.0. The van der Waals surface area contributed by atoms with Gasteiger partial charge in [0.05, 0.1) is 12.9 Å². The zero-order chi connectivity index (χ0) is 22.2. The third kappa shape index (κ3) is 5.62. The van der Waals surface area contributed by atoms with Crippen LogP contribution in [0.3, 0.4) is 0 Å². The highest BCUT2D eigenvalue weighted by atomic mass is 32.2. The van der Waals surface area contributed by atoms with E-state index < -0.39 is 0 Å². The second-order valence-electron chi connectivity index (χ2n) is 7.62. The number of para-hydroxylation sites is 1. The molecule has 1 fully saturated rings. The number of carbonyl (C=O) groups is 1. The molecule has 2 aromatic carbocycles. The van der Waals surface area contributed by atoms with Gasteiger partial charge >= 0.3 is 0 Å². The molecule has 168 valence electrons. The minimum Gasteiger partial charge on any atom is -0.497 e. The monoisotopic (exact) mass is 452 g/mol. The summed E-state index contributed by atoms with van der Waals surface area (Å²) in [6, 6.07) is 17.3. The van der Waals surface area contributed by atoms with Crippen LogP contribution in [0.4, 0.5) is 0 Å². The smallest absolute Gasteiger partial charge is 0.233 e. The molecule has 32 heavy (non-hydrogen) atoms. The molecule has 1 aliphatic heterocycles. The lowest BCUT2D eigenvalue weighted by Gasteiger charge is -2.20. The van der Waals surface area contributed by atoms with Crippen LogP contribution in [0.25, 0.3) is 5.69 Å². The molecular formula is C24H28N4O3S. The van der Waals surface area contributed by atoms with E-state index in [0.717, 1.165) is 43.1 Å². The molecule has 8 heteroatoms. The molecule has 2 heterocycles. The zero-order valence-electron chi connectivity index (χ0n) is 18.3. The average Bonchev–Trinajstić information content (AvgIpc) is 3.04. The van der Waals surface area contributed by atoms with E-state index in [2.05, 4.69) is 10.2 Å². The van der Waals surface area contributed by atoms with Crippen molar-refractivity contribution in [2.45, 2.75) is 37.4 Å². The maximum absolute atomic E-state index is 12.8. The molecule has 0 aliphatic carbocycles. The van der Waals surface area contributed by atoms with Crippen molar-refractivity contribution >= 4 is 17.7 Å². The highest BCUT2D eigenvalue weighted by molar-refractivity contribution is 7.99. The number of benzene rings is 2. The Bertz CT molecular complexity index is 1000. The Hall–Kier alpha value is -3.00. The number of likely N-dealkylation sites (tertiary alicyclic amines) is 1. The molecule has 1 aliphatic rings. The maximum Gasteiger partial charge on any atom is 0.233 e. The summed E-state index contributed by atoms with van der Waals surface area (Å²) in [7, 11) is 1.63. The first kappa shape index (κ1) is 22.2. The van der Waals surface area contributed by atoms with Crippen molar-refractivity contribution in [2.24, 2.45) is 0 Å². The van der Waals surface area contributed by atoms with Gasteiger partial charge in [-0.3, -0.25) is 9.36 Å². The molecule has 1 aromatic heterocycles. The average molecular weight is 453 g/mol. The summed E-state index contributed by atoms with van der Waals surface area (Å²) in [6.45, 7) is 1.96. The van der Waals surface area contributed by atoms with E-state index in [0.29, 0.717) is 16.7 Å². The van der Waals surface area contributed by atoms with Crippen LogP contribution in [0.15, 0.2) is 59.8 Å². The standard InChI is InChI=1S/C24H28N4O3S/c1-30-20-11-13-21(14-12-20)31-17-22-25-26-24(28(22)19-9-5-4-6-10-19)32-18-23(29)27-15-7-2-3-8-16-27/h4-6,9-14H,2-3,7-8,15-18H2,1H3. The van der Waals surface area contributed by atoms with Crippen molar-refractivity contribution in [2.75, 3.05) is 26.0 Å². The molecule has 0 N–H and O–H groups in total. The van der Waals surface area contributed by atoms with Gasteiger partial charge in [-0.1, -0.05) is 42.8 Å². The maximum atomic E-state index is 12.8. The van der Waals surface area contributed by atoms with Crippen LogP contribution in [-0.4, -0.2) is 51.5 Å². The zero-order valence-corrected chi connectivity index (χ0v) is 19.1. The first-order valence-electron chi connectivity index (χ1n) is 10.9. The predicted octanol–water partition coefficient (Wildman–Crippen LogP) is 4.35. The van der Waals surface area contributed by atoms with E-state index in [1.54, 1.807) is 7.11 Å². The lowest BCUT2D eigenvalue weighted by molar-refractivity contribution is -0.128. The van der Waals surface area contributed by atoms with Crippen LogP contribution >= 0.6 is 11.8 Å². The summed E-state index contributed by atoms with van der Waals surface area (Å²) in [5.41, 5.74) is 0.940. The summed E-state index contributed by atoms with van der Waals surface area (Å²) in [5, 5.41) is 9.42. The van der Waals surface area contributed by atoms with Crippen LogP contribution in [0.5, 0.6) is 11.5 Å². The first-order chi connectivity index (χ1) is 15.7. The quantitative estimate of drug-likeness (QED) is 0.473. The van der Waals surface area contributed by atoms with E-state index in [9.17, 15) is 4.79 Å². The number of methoxy groups -OCH3 is 1. The number of ether oxygens (including phenoxy) is 2. The Morgan fingerprint density at radius 1 is 0.938 bits per heavy atom. The summed E-state index contributed by atoms with van der Waals surface area (Å²) >= 11 is 1.42. The van der Waals surface area contributed by atoms with Gasteiger partial charge in [0.1, 0.15) is 18.1 Å². The molecular weight excluding hydrogens is 424 g/mol. The Balaban J connectivity index is 1.48. The molecule has 0 radical (unpaired) electrons. The SMILES string of the molecule is COc1ccc(OCc2nnc(SCC(=O)N3CCCCCC3)n2-c2ccccc2)cc1. The molecule has 0 saturated carbocycles. The number of nitrogens with zero attached hydrogens (tertiary/aromatic N) is 4. The summed E-state index contributed by atoms with van der Waals surface area (Å²) < 4.78 is 13.1. The summed E-state index contributed by atoms with van der Waals surface area (Å²) in [4.78, 5) is 14.7. The van der Waals surface area contributed by atoms with E-state index in [4.69, 9.17) is 9.47 Å². The van der Waals surface area contributed by atoms with E-state index in [-0.39, 0.29) is 12.5 Å². The number of hydrogen-bond acceptors (Lipinski definition) is 6. The van der Waals surface area contributed by atoms with Gasteiger partial charge in [0.25, 0.3) is 0 Å². The van der Waals surface area contributed by atoms with Crippen LogP contribution in [0.1, 0.15) is 31.5 Å². The number of aromatic nitrogens is 3. The fourth-order valence-corrected chi connectivity index (χ4v) is 4.55. The molecule has 0 unspecified atom stereocenters. The minimum atomic E-state index is 0.163. The molecule has 4 rings (SSSR count). The van der Waals surface area contributed by atoms with Gasteiger partial charge in [-0.05, 0) is 49.2 Å². The number of thioether (sulfide) groups is 1. The van der Waals surface area contributed by atoms with Crippen molar-refractivity contribution in [1.29, 1.82) is 0 Å². The Morgan fingerprint density at radius 2 is 1.62 bits per heavy atom. The fourth-order valence-electron chi connectivity index (χ4n) is 3.68. The number of carbonyl (C=O) groups excluding carboxylic acids is 1. The van der Waals surface area contributed by atoms with Crippen molar-refractivity contribution in [3.05, 3.63) is 60.4 Å². The van der Waals surface area contributed by atoms with Crippen LogP contribution in [0, 0.1) is 0 Å². The number of hydrogen-bond donors (Lipinski definition) is 0. The summed E-state index contributed by atoms with van der Waals surface area (Å²) in [5.74, 6) is 2.69. The molecule has 1 saturated heterocycles. The Labute approximate surface area is 192 Å². The van der Waals surface area contributed by atoms with Crippen molar-refractivity contribution in [1.82, 2.24) is 19.7 Å². The summed E-state index contributed by atoms with van der Waals surface area (Å²) in [6.07, 6.45) is 4.58. The second-order valence-corrected chi connectivity index (χ2v) is 8.56. The molecule has 0 bridgehead atoms. The molecule has 0 atom stereocenters. The van der Waals surface area contributed by atoms with Crippen LogP contribution in [0.2, 0.25) is 0 Å². The third-order valence-electron chi connectivity index (χ3n) is 5.43.